The molecule has 0 amide bonds. The molecule has 5 aromatic carbocycles. The minimum Gasteiger partial charge on any atom is -0.405 e. The van der Waals surface area contributed by atoms with Crippen molar-refractivity contribution in [1.29, 1.82) is 0 Å². The fourth-order valence-electron chi connectivity index (χ4n) is 14.1. The zero-order valence-electron chi connectivity index (χ0n) is 62.1. The van der Waals surface area contributed by atoms with Gasteiger partial charge in [0.15, 0.2) is 6.29 Å². The molecule has 0 saturated carbocycles. The fraction of sp³-hybridized carbons (Fsp3) is 0.651. The highest BCUT2D eigenvalue weighted by molar-refractivity contribution is 6.99. The molecule has 0 N–H and O–H groups in total. The van der Waals surface area contributed by atoms with Crippen molar-refractivity contribution in [2.24, 2.45) is 47.3 Å². The predicted octanol–water partition coefficient (Wildman–Crippen LogP) is 21.4. The molecule has 0 spiro atoms. The van der Waals surface area contributed by atoms with Gasteiger partial charge in [-0.05, 0) is 92.3 Å². The lowest BCUT2D eigenvalue weighted by Gasteiger charge is -2.48. The molecule has 0 radical (unpaired) electrons. The van der Waals surface area contributed by atoms with Crippen LogP contribution in [0.4, 0.5) is 0 Å². The Morgan fingerprint density at radius 2 is 0.705 bits per heavy atom. The first-order valence-electron chi connectivity index (χ1n) is 38.1. The van der Waals surface area contributed by atoms with Crippen LogP contribution in [0.5, 0.6) is 0 Å². The van der Waals surface area contributed by atoms with Crippen molar-refractivity contribution in [3.63, 3.8) is 0 Å². The van der Waals surface area contributed by atoms with Crippen LogP contribution in [0.25, 0.3) is 0 Å². The lowest BCUT2D eigenvalue weighted by Crippen LogP contribution is -2.68. The lowest BCUT2D eigenvalue weighted by molar-refractivity contribution is -0.329. The summed E-state index contributed by atoms with van der Waals surface area (Å²) in [6.45, 7) is 34.2. The molecule has 0 bridgehead atoms. The van der Waals surface area contributed by atoms with E-state index in [-0.39, 0.29) is 24.4 Å². The van der Waals surface area contributed by atoms with Gasteiger partial charge in [-0.3, -0.25) is 0 Å². The SMILES string of the molecule is CC(C)CCC[C@@H](C)CCC[C@H](C)CCC[C@H](C)CCOC[C@@H](CO[C@H]1O[C@H](CO[Si](c2ccccc2)(c2ccccc2)C(C)(C)C)[C@@H](OCc2ccccc2)[C@H](OCc2ccccc2)[C@H]1OCc1ccccc1)OCC[C@@H](C)CCC[C@@H](C)CCC[C@H](C)CCCC(C)C. The molecule has 530 valence electrons. The molecule has 0 aromatic heterocycles. The van der Waals surface area contributed by atoms with Gasteiger partial charge >= 0.3 is 0 Å². The standard InChI is InChI=1S/C86H134O8Si/c1-67(2)35-29-37-69(5)39-31-41-71(7)43-33-45-73(9)57-59-87-64-78(88-60-58-74(10)46-34-44-72(8)42-32-40-70(6)38-30-36-68(3)4)65-92-85-84(91-63-77-51-23-16-24-52-77)83(90-62-76-49-21-15-22-50-76)82(89-61-75-47-19-14-20-48-75)81(94-85)66-93-95(86(11,12)13,79-53-25-17-26-54-79)80-55-27-18-28-56-80/h14-28,47-56,67-74,78,81-85H,29-46,57-66H2,1-13H3/t69-,70-,71+,72+,73+,74+,78+,81-,82-,83+,84-,85+/m1/s1. The third-order valence-corrected chi connectivity index (χ3v) is 25.3. The Labute approximate surface area is 582 Å². The second kappa shape index (κ2) is 44.9. The normalized spacial score (nSPS) is 19.4. The molecule has 1 fully saturated rings. The first-order chi connectivity index (χ1) is 45.9. The second-order valence-corrected chi connectivity index (χ2v) is 35.6. The van der Waals surface area contributed by atoms with E-state index in [0.717, 1.165) is 65.0 Å². The minimum absolute atomic E-state index is 0.218. The van der Waals surface area contributed by atoms with E-state index in [1.807, 2.05) is 18.2 Å². The Kier molecular flexibility index (Phi) is 37.8. The number of hydrogen-bond donors (Lipinski definition) is 0. The Bertz CT molecular complexity index is 2610. The van der Waals surface area contributed by atoms with Gasteiger partial charge < -0.3 is 37.6 Å². The van der Waals surface area contributed by atoms with Crippen LogP contribution < -0.4 is 10.4 Å². The van der Waals surface area contributed by atoms with Crippen LogP contribution in [0.3, 0.4) is 0 Å². The lowest BCUT2D eigenvalue weighted by atomic mass is 9.91. The zero-order valence-corrected chi connectivity index (χ0v) is 63.1. The van der Waals surface area contributed by atoms with Gasteiger partial charge in [-0.15, -0.1) is 0 Å². The molecule has 0 aliphatic carbocycles. The Morgan fingerprint density at radius 1 is 0.368 bits per heavy atom. The molecule has 1 aliphatic rings. The van der Waals surface area contributed by atoms with Crippen molar-refractivity contribution < 1.29 is 37.6 Å². The fourth-order valence-corrected chi connectivity index (χ4v) is 18.7. The Morgan fingerprint density at radius 3 is 1.08 bits per heavy atom. The van der Waals surface area contributed by atoms with Crippen LogP contribution >= 0.6 is 0 Å². The summed E-state index contributed by atoms with van der Waals surface area (Å²) in [7, 11) is -3.07. The molecule has 5 aromatic rings. The summed E-state index contributed by atoms with van der Waals surface area (Å²) in [6, 6.07) is 52.8. The van der Waals surface area contributed by atoms with Crippen molar-refractivity contribution in [2.45, 2.75) is 280 Å². The maximum Gasteiger partial charge on any atom is 0.261 e. The van der Waals surface area contributed by atoms with Crippen LogP contribution in [-0.2, 0) is 57.4 Å². The molecule has 9 heteroatoms. The second-order valence-electron chi connectivity index (χ2n) is 31.3. The number of rotatable bonds is 50. The van der Waals surface area contributed by atoms with Crippen molar-refractivity contribution in [3.8, 4) is 0 Å². The molecular weight excluding hydrogens is 1190 g/mol. The third kappa shape index (κ3) is 30.2. The van der Waals surface area contributed by atoms with Gasteiger partial charge in [-0.1, -0.05) is 357 Å². The van der Waals surface area contributed by atoms with Crippen molar-refractivity contribution >= 4 is 18.7 Å². The summed E-state index contributed by atoms with van der Waals surface area (Å²) < 4.78 is 57.8. The maximum atomic E-state index is 7.79. The zero-order chi connectivity index (χ0) is 68.1. The molecule has 0 unspecified atom stereocenters. The summed E-state index contributed by atoms with van der Waals surface area (Å²) in [4.78, 5) is 0. The van der Waals surface area contributed by atoms with E-state index < -0.39 is 39.0 Å². The van der Waals surface area contributed by atoms with Gasteiger partial charge in [0.1, 0.15) is 30.5 Å². The topological polar surface area (TPSA) is 73.8 Å². The van der Waals surface area contributed by atoms with Gasteiger partial charge in [-0.2, -0.15) is 0 Å². The van der Waals surface area contributed by atoms with Gasteiger partial charge in [0.2, 0.25) is 0 Å². The first kappa shape index (κ1) is 80.0. The summed E-state index contributed by atoms with van der Waals surface area (Å²) in [5.41, 5.74) is 3.14. The van der Waals surface area contributed by atoms with Crippen LogP contribution in [0.1, 0.15) is 235 Å². The van der Waals surface area contributed by atoms with Crippen LogP contribution in [0.2, 0.25) is 5.04 Å². The molecule has 1 aliphatic heterocycles. The summed E-state index contributed by atoms with van der Waals surface area (Å²) in [6.07, 6.45) is 22.0. The average Bonchev–Trinajstić information content (AvgIpc) is 0.750. The quantitative estimate of drug-likeness (QED) is 0.0282. The van der Waals surface area contributed by atoms with E-state index in [0.29, 0.717) is 51.5 Å². The van der Waals surface area contributed by atoms with Gasteiger partial charge in [0.25, 0.3) is 8.32 Å². The van der Waals surface area contributed by atoms with Crippen LogP contribution in [0, 0.1) is 47.3 Å². The maximum absolute atomic E-state index is 7.79. The van der Waals surface area contributed by atoms with E-state index >= 15 is 0 Å². The highest BCUT2D eigenvalue weighted by Gasteiger charge is 2.54. The molecule has 12 atom stereocenters. The smallest absolute Gasteiger partial charge is 0.261 e. The number of benzene rings is 5. The van der Waals surface area contributed by atoms with Crippen molar-refractivity contribution in [1.82, 2.24) is 0 Å². The number of hydrogen-bond acceptors (Lipinski definition) is 8. The summed E-state index contributed by atoms with van der Waals surface area (Å²) in [5, 5.41) is 2.11. The van der Waals surface area contributed by atoms with Gasteiger partial charge in [0, 0.05) is 13.2 Å². The van der Waals surface area contributed by atoms with E-state index in [4.69, 9.17) is 37.6 Å². The predicted molar refractivity (Wildman–Crippen MR) is 401 cm³/mol. The van der Waals surface area contributed by atoms with E-state index in [1.54, 1.807) is 0 Å². The van der Waals surface area contributed by atoms with Gasteiger partial charge in [0.05, 0.1) is 39.6 Å². The van der Waals surface area contributed by atoms with Gasteiger partial charge in [-0.25, -0.2) is 0 Å². The molecule has 1 heterocycles. The largest absolute Gasteiger partial charge is 0.405 e. The highest BCUT2D eigenvalue weighted by atomic mass is 28.4. The van der Waals surface area contributed by atoms with Crippen molar-refractivity contribution in [3.05, 3.63) is 168 Å². The Hall–Kier alpha value is -4.00. The monoisotopic (exact) mass is 1320 g/mol. The highest BCUT2D eigenvalue weighted by Crippen LogP contribution is 2.39. The van der Waals surface area contributed by atoms with Crippen LogP contribution in [-0.4, -0.2) is 78.2 Å². The molecular formula is C86H134O8Si. The first-order valence-corrected chi connectivity index (χ1v) is 40.0. The number of ether oxygens (including phenoxy) is 7. The molecule has 1 saturated heterocycles. The van der Waals surface area contributed by atoms with E-state index in [2.05, 4.69) is 223 Å². The third-order valence-electron chi connectivity index (χ3n) is 20.3. The summed E-state index contributed by atoms with van der Waals surface area (Å²) >= 11 is 0. The average molecular weight is 1320 g/mol. The minimum atomic E-state index is -3.07. The van der Waals surface area contributed by atoms with E-state index in [9.17, 15) is 0 Å². The molecule has 8 nitrogen and oxygen atoms in total. The van der Waals surface area contributed by atoms with Crippen molar-refractivity contribution in [2.75, 3.05) is 33.0 Å². The molecule has 95 heavy (non-hydrogen) atoms. The van der Waals surface area contributed by atoms with E-state index in [1.165, 1.54) is 126 Å². The molecule has 6 rings (SSSR count). The Balaban J connectivity index is 1.22. The summed E-state index contributed by atoms with van der Waals surface area (Å²) in [5.74, 6) is 5.96. The van der Waals surface area contributed by atoms with Crippen LogP contribution in [0.15, 0.2) is 152 Å².